The smallest absolute Gasteiger partial charge is 0.271 e. The van der Waals surface area contributed by atoms with Crippen LogP contribution in [-0.2, 0) is 11.2 Å². The Morgan fingerprint density at radius 3 is 3.09 bits per heavy atom. The van der Waals surface area contributed by atoms with Crippen LogP contribution in [0.15, 0.2) is 42.9 Å². The quantitative estimate of drug-likeness (QED) is 0.833. The lowest BCUT2D eigenvalue weighted by molar-refractivity contribution is 0.0393. The molecule has 1 aromatic heterocycles. The Hall–Kier alpha value is -2.27. The van der Waals surface area contributed by atoms with Gasteiger partial charge in [-0.2, -0.15) is 0 Å². The number of hydrogen-bond acceptors (Lipinski definition) is 4. The van der Waals surface area contributed by atoms with Crippen LogP contribution in [-0.4, -0.2) is 29.0 Å². The van der Waals surface area contributed by atoms with Gasteiger partial charge >= 0.3 is 0 Å². The number of rotatable bonds is 6. The van der Waals surface area contributed by atoms with Crippen molar-refractivity contribution in [2.24, 2.45) is 0 Å². The van der Waals surface area contributed by atoms with Crippen molar-refractivity contribution < 1.29 is 9.53 Å². The predicted molar refractivity (Wildman–Crippen MR) is 87.1 cm³/mol. The zero-order valence-corrected chi connectivity index (χ0v) is 13.1. The summed E-state index contributed by atoms with van der Waals surface area (Å²) in [6, 6.07) is 8.51. The lowest BCUT2D eigenvalue weighted by Gasteiger charge is -2.25. The van der Waals surface area contributed by atoms with Gasteiger partial charge in [0.2, 0.25) is 0 Å². The van der Waals surface area contributed by atoms with Crippen LogP contribution in [0.5, 0.6) is 0 Å². The van der Waals surface area contributed by atoms with E-state index in [4.69, 9.17) is 4.74 Å². The van der Waals surface area contributed by atoms with Crippen molar-refractivity contribution in [3.05, 3.63) is 59.7 Å². The van der Waals surface area contributed by atoms with Crippen LogP contribution in [0.4, 0.5) is 0 Å². The van der Waals surface area contributed by atoms with Crippen molar-refractivity contribution in [3.8, 4) is 0 Å². The average molecular weight is 311 g/mol. The number of hydrogen-bond donors (Lipinski definition) is 1. The Bertz CT molecular complexity index is 646. The van der Waals surface area contributed by atoms with Gasteiger partial charge < -0.3 is 10.1 Å². The van der Waals surface area contributed by atoms with Gasteiger partial charge in [-0.25, -0.2) is 4.98 Å². The summed E-state index contributed by atoms with van der Waals surface area (Å²) in [5.74, 6) is -0.193. The summed E-state index contributed by atoms with van der Waals surface area (Å²) in [4.78, 5) is 19.7. The summed E-state index contributed by atoms with van der Waals surface area (Å²) in [5, 5.41) is 2.83. The molecule has 0 aliphatic heterocycles. The molecule has 1 atom stereocenters. The van der Waals surface area contributed by atoms with Gasteiger partial charge in [0.1, 0.15) is 5.69 Å². The van der Waals surface area contributed by atoms with Crippen molar-refractivity contribution in [1.82, 2.24) is 15.3 Å². The summed E-state index contributed by atoms with van der Waals surface area (Å²) in [6.45, 7) is 1.21. The number of carbonyl (C=O) groups is 1. The van der Waals surface area contributed by atoms with E-state index in [1.807, 2.05) is 0 Å². The summed E-state index contributed by atoms with van der Waals surface area (Å²) in [5.41, 5.74) is 3.07. The maximum absolute atomic E-state index is 11.8. The zero-order chi connectivity index (χ0) is 15.9. The highest BCUT2D eigenvalue weighted by molar-refractivity contribution is 5.91. The van der Waals surface area contributed by atoms with Crippen molar-refractivity contribution in [3.63, 3.8) is 0 Å². The van der Waals surface area contributed by atoms with Gasteiger partial charge in [0, 0.05) is 25.5 Å². The Labute approximate surface area is 136 Å². The molecule has 0 spiro atoms. The maximum Gasteiger partial charge on any atom is 0.271 e. The molecule has 23 heavy (non-hydrogen) atoms. The number of nitrogens with one attached hydrogen (secondary N) is 1. The van der Waals surface area contributed by atoms with Crippen molar-refractivity contribution in [1.29, 1.82) is 0 Å². The lowest BCUT2D eigenvalue weighted by Crippen LogP contribution is -2.26. The molecule has 1 aliphatic carbocycles. The molecule has 1 aliphatic rings. The SMILES string of the molecule is O=C(NCCCO[C@H]1CCCc2ccccc21)c1cnccn1. The van der Waals surface area contributed by atoms with E-state index in [-0.39, 0.29) is 12.0 Å². The molecule has 2 aromatic rings. The lowest BCUT2D eigenvalue weighted by atomic mass is 9.89. The minimum atomic E-state index is -0.193. The third-order valence-electron chi connectivity index (χ3n) is 4.04. The van der Waals surface area contributed by atoms with Crippen LogP contribution in [0.1, 0.15) is 47.0 Å². The molecule has 0 bridgehead atoms. The summed E-state index contributed by atoms with van der Waals surface area (Å²) in [7, 11) is 0. The molecule has 120 valence electrons. The van der Waals surface area contributed by atoms with E-state index in [1.54, 1.807) is 6.20 Å². The first-order valence-electron chi connectivity index (χ1n) is 8.08. The molecule has 0 saturated heterocycles. The molecule has 5 nitrogen and oxygen atoms in total. The molecular formula is C18H21N3O2. The predicted octanol–water partition coefficient (Wildman–Crippen LogP) is 2.69. The zero-order valence-electron chi connectivity index (χ0n) is 13.1. The third kappa shape index (κ3) is 4.13. The molecular weight excluding hydrogens is 290 g/mol. The monoisotopic (exact) mass is 311 g/mol. The van der Waals surface area contributed by atoms with Gasteiger partial charge in [-0.05, 0) is 36.8 Å². The number of amides is 1. The second-order valence-corrected chi connectivity index (χ2v) is 5.65. The number of fused-ring (bicyclic) bond motifs is 1. The molecule has 3 rings (SSSR count). The van der Waals surface area contributed by atoms with Gasteiger partial charge in [-0.3, -0.25) is 9.78 Å². The van der Waals surface area contributed by atoms with Crippen LogP contribution in [0.2, 0.25) is 0 Å². The molecule has 1 N–H and O–H groups in total. The first kappa shape index (κ1) is 15.6. The van der Waals surface area contributed by atoms with E-state index in [0.717, 1.165) is 19.3 Å². The van der Waals surface area contributed by atoms with E-state index >= 15 is 0 Å². The Kier molecular flexibility index (Phi) is 5.32. The van der Waals surface area contributed by atoms with Crippen LogP contribution in [0.25, 0.3) is 0 Å². The highest BCUT2D eigenvalue weighted by Crippen LogP contribution is 2.32. The van der Waals surface area contributed by atoms with Crippen molar-refractivity contribution in [2.75, 3.05) is 13.2 Å². The van der Waals surface area contributed by atoms with Gasteiger partial charge in [0.05, 0.1) is 12.3 Å². The van der Waals surface area contributed by atoms with E-state index in [0.29, 0.717) is 18.8 Å². The van der Waals surface area contributed by atoms with Gasteiger partial charge in [-0.15, -0.1) is 0 Å². The molecule has 0 saturated carbocycles. The normalized spacial score (nSPS) is 16.6. The molecule has 1 aromatic carbocycles. The van der Waals surface area contributed by atoms with E-state index in [2.05, 4.69) is 39.6 Å². The minimum absolute atomic E-state index is 0.190. The Balaban J connectivity index is 1.40. The second-order valence-electron chi connectivity index (χ2n) is 5.65. The standard InChI is InChI=1S/C18H21N3O2/c22-18(16-13-19-10-11-20-16)21-9-4-12-23-17-8-3-6-14-5-1-2-7-15(14)17/h1-2,5,7,10-11,13,17H,3-4,6,8-9,12H2,(H,21,22)/t17-/m0/s1. The van der Waals surface area contributed by atoms with Crippen LogP contribution in [0.3, 0.4) is 0 Å². The number of aryl methyl sites for hydroxylation is 1. The first-order chi connectivity index (χ1) is 11.3. The number of benzene rings is 1. The van der Waals surface area contributed by atoms with E-state index < -0.39 is 0 Å². The first-order valence-corrected chi connectivity index (χ1v) is 8.08. The van der Waals surface area contributed by atoms with Crippen molar-refractivity contribution >= 4 is 5.91 Å². The average Bonchev–Trinajstić information content (AvgIpc) is 2.62. The molecule has 0 fully saturated rings. The topological polar surface area (TPSA) is 64.1 Å². The van der Waals surface area contributed by atoms with Crippen LogP contribution in [0, 0.1) is 0 Å². The third-order valence-corrected chi connectivity index (χ3v) is 4.04. The summed E-state index contributed by atoms with van der Waals surface area (Å²) in [6.07, 6.45) is 8.88. The molecule has 1 amide bonds. The molecule has 1 heterocycles. The Morgan fingerprint density at radius 1 is 1.30 bits per heavy atom. The number of nitrogens with zero attached hydrogens (tertiary/aromatic N) is 2. The largest absolute Gasteiger partial charge is 0.373 e. The fourth-order valence-electron chi connectivity index (χ4n) is 2.89. The van der Waals surface area contributed by atoms with E-state index in [9.17, 15) is 4.79 Å². The fourth-order valence-corrected chi connectivity index (χ4v) is 2.89. The van der Waals surface area contributed by atoms with Gasteiger partial charge in [-0.1, -0.05) is 24.3 Å². The number of ether oxygens (including phenoxy) is 1. The summed E-state index contributed by atoms with van der Waals surface area (Å²) >= 11 is 0. The van der Waals surface area contributed by atoms with E-state index in [1.165, 1.54) is 29.9 Å². The number of aromatic nitrogens is 2. The second kappa shape index (κ2) is 7.83. The maximum atomic E-state index is 11.8. The summed E-state index contributed by atoms with van der Waals surface area (Å²) < 4.78 is 6.02. The van der Waals surface area contributed by atoms with Crippen LogP contribution < -0.4 is 5.32 Å². The highest BCUT2D eigenvalue weighted by Gasteiger charge is 2.19. The highest BCUT2D eigenvalue weighted by atomic mass is 16.5. The molecule has 0 radical (unpaired) electrons. The fraction of sp³-hybridized carbons (Fsp3) is 0.389. The van der Waals surface area contributed by atoms with Gasteiger partial charge in [0.15, 0.2) is 0 Å². The molecule has 0 unspecified atom stereocenters. The minimum Gasteiger partial charge on any atom is -0.373 e. The van der Waals surface area contributed by atoms with Gasteiger partial charge in [0.25, 0.3) is 5.91 Å². The van der Waals surface area contributed by atoms with Crippen LogP contribution >= 0.6 is 0 Å². The Morgan fingerprint density at radius 2 is 2.22 bits per heavy atom. The van der Waals surface area contributed by atoms with Crippen molar-refractivity contribution in [2.45, 2.75) is 31.8 Å². The number of carbonyl (C=O) groups excluding carboxylic acids is 1. The molecule has 5 heteroatoms.